The Bertz CT molecular complexity index is 549. The Morgan fingerprint density at radius 1 is 1.50 bits per heavy atom. The highest BCUT2D eigenvalue weighted by atomic mass is 79.9. The van der Waals surface area contributed by atoms with Crippen LogP contribution in [0, 0.1) is 0 Å². The number of hydrogen-bond acceptors (Lipinski definition) is 5. The van der Waals surface area contributed by atoms with Gasteiger partial charge in [0.1, 0.15) is 10.7 Å². The number of nitrogens with two attached hydrogens (primary N) is 2. The molecular formula is C14H20BrClN4O2. The first kappa shape index (κ1) is 18.6. The van der Waals surface area contributed by atoms with Crippen molar-refractivity contribution in [1.29, 1.82) is 0 Å². The molecule has 0 bridgehead atoms. The fourth-order valence-electron chi connectivity index (χ4n) is 1.78. The van der Waals surface area contributed by atoms with Crippen molar-refractivity contribution in [3.8, 4) is 0 Å². The molecule has 122 valence electrons. The van der Waals surface area contributed by atoms with Gasteiger partial charge in [-0.05, 0) is 35.3 Å². The van der Waals surface area contributed by atoms with Gasteiger partial charge < -0.3 is 10.5 Å². The smallest absolute Gasteiger partial charge is 0.413 e. The number of nitrogens with one attached hydrogen (secondary N) is 1. The molecule has 0 aliphatic rings. The fraction of sp³-hybridized carbons (Fsp3) is 0.357. The molecule has 1 aromatic rings. The standard InChI is InChI=1S/C14H20BrClN4O2/c1-3-8-20(18)13(12(15)17)19-14(21)22-9(2)10-6-4-5-7-11(10)16/h4-7,9H,3,8,17-18H2,1-2H3,(H,19,21)/b13-12-. The van der Waals surface area contributed by atoms with E-state index in [9.17, 15) is 4.79 Å². The first-order valence-corrected chi connectivity index (χ1v) is 7.93. The summed E-state index contributed by atoms with van der Waals surface area (Å²) in [6.45, 7) is 4.22. The van der Waals surface area contributed by atoms with Crippen molar-refractivity contribution < 1.29 is 9.53 Å². The molecule has 1 rings (SSSR count). The molecule has 0 saturated heterocycles. The summed E-state index contributed by atoms with van der Waals surface area (Å²) in [6, 6.07) is 7.16. The minimum absolute atomic E-state index is 0.214. The molecule has 0 spiro atoms. The predicted molar refractivity (Wildman–Crippen MR) is 90.8 cm³/mol. The van der Waals surface area contributed by atoms with E-state index in [1.807, 2.05) is 19.1 Å². The van der Waals surface area contributed by atoms with Gasteiger partial charge in [-0.3, -0.25) is 10.3 Å². The van der Waals surface area contributed by atoms with Gasteiger partial charge in [-0.2, -0.15) is 0 Å². The number of benzene rings is 1. The SMILES string of the molecule is CCCN(N)/C(NC(=O)OC(C)c1ccccc1Cl)=C(\N)Br. The molecule has 0 saturated carbocycles. The van der Waals surface area contributed by atoms with E-state index in [1.165, 1.54) is 5.01 Å². The number of halogens is 2. The van der Waals surface area contributed by atoms with Gasteiger partial charge >= 0.3 is 6.09 Å². The molecule has 22 heavy (non-hydrogen) atoms. The van der Waals surface area contributed by atoms with Crippen LogP contribution < -0.4 is 16.9 Å². The molecule has 1 unspecified atom stereocenters. The Kier molecular flexibility index (Phi) is 7.50. The van der Waals surface area contributed by atoms with Gasteiger partial charge in [0.2, 0.25) is 0 Å². The van der Waals surface area contributed by atoms with Crippen LogP contribution in [0.4, 0.5) is 4.79 Å². The van der Waals surface area contributed by atoms with Crippen LogP contribution in [-0.4, -0.2) is 17.6 Å². The number of carbonyl (C=O) groups excluding carboxylic acids is 1. The molecule has 1 atom stereocenters. The molecule has 0 radical (unpaired) electrons. The van der Waals surface area contributed by atoms with E-state index in [0.717, 1.165) is 12.0 Å². The highest BCUT2D eigenvalue weighted by Gasteiger charge is 2.17. The van der Waals surface area contributed by atoms with E-state index < -0.39 is 12.2 Å². The second-order valence-corrected chi connectivity index (χ2v) is 5.85. The maximum absolute atomic E-state index is 12.0. The van der Waals surface area contributed by atoms with Crippen LogP contribution in [0.15, 0.2) is 34.7 Å². The summed E-state index contributed by atoms with van der Waals surface area (Å²) in [5.41, 5.74) is 6.38. The third-order valence-corrected chi connectivity index (χ3v) is 3.55. The van der Waals surface area contributed by atoms with Crippen LogP contribution in [-0.2, 0) is 4.74 Å². The molecule has 1 amide bonds. The molecule has 5 N–H and O–H groups in total. The van der Waals surface area contributed by atoms with Crippen molar-refractivity contribution in [1.82, 2.24) is 10.3 Å². The number of hydrogen-bond donors (Lipinski definition) is 3. The lowest BCUT2D eigenvalue weighted by molar-refractivity contribution is 0.106. The summed E-state index contributed by atoms with van der Waals surface area (Å²) < 4.78 is 5.51. The molecular weight excluding hydrogens is 372 g/mol. The zero-order valence-corrected chi connectivity index (χ0v) is 14.8. The number of carbonyl (C=O) groups is 1. The Labute approximate surface area is 143 Å². The summed E-state index contributed by atoms with van der Waals surface area (Å²) >= 11 is 9.18. The molecule has 1 aromatic carbocycles. The third kappa shape index (κ3) is 5.40. The Hall–Kier alpha value is -1.44. The second-order valence-electron chi connectivity index (χ2n) is 4.58. The zero-order chi connectivity index (χ0) is 16.7. The summed E-state index contributed by atoms with van der Waals surface area (Å²) in [7, 11) is 0. The summed E-state index contributed by atoms with van der Waals surface area (Å²) in [5, 5.41) is 4.40. The van der Waals surface area contributed by atoms with E-state index in [0.29, 0.717) is 11.6 Å². The number of ether oxygens (including phenoxy) is 1. The van der Waals surface area contributed by atoms with Crippen molar-refractivity contribution in [2.75, 3.05) is 6.54 Å². The summed E-state index contributed by atoms with van der Waals surface area (Å²) in [4.78, 5) is 12.0. The molecule has 0 aliphatic carbocycles. The van der Waals surface area contributed by atoms with Crippen LogP contribution in [0.5, 0.6) is 0 Å². The van der Waals surface area contributed by atoms with Gasteiger partial charge in [0.25, 0.3) is 0 Å². The number of alkyl carbamates (subject to hydrolysis) is 1. The lowest BCUT2D eigenvalue weighted by Crippen LogP contribution is -2.41. The monoisotopic (exact) mass is 390 g/mol. The number of nitrogens with zero attached hydrogens (tertiary/aromatic N) is 1. The lowest BCUT2D eigenvalue weighted by Gasteiger charge is -2.23. The Balaban J connectivity index is 2.72. The van der Waals surface area contributed by atoms with Gasteiger partial charge in [-0.1, -0.05) is 36.7 Å². The Morgan fingerprint density at radius 3 is 2.68 bits per heavy atom. The average molecular weight is 392 g/mol. The van der Waals surface area contributed by atoms with Gasteiger partial charge in [0, 0.05) is 17.1 Å². The molecule has 8 heteroatoms. The second kappa shape index (κ2) is 8.87. The minimum atomic E-state index is -0.670. The van der Waals surface area contributed by atoms with Gasteiger partial charge in [0.15, 0.2) is 5.82 Å². The first-order chi connectivity index (χ1) is 10.4. The average Bonchev–Trinajstić information content (AvgIpc) is 2.45. The molecule has 6 nitrogen and oxygen atoms in total. The molecule has 0 fully saturated rings. The van der Waals surface area contributed by atoms with E-state index >= 15 is 0 Å². The quantitative estimate of drug-likeness (QED) is 0.393. The van der Waals surface area contributed by atoms with Crippen LogP contribution in [0.1, 0.15) is 31.9 Å². The van der Waals surface area contributed by atoms with Gasteiger partial charge in [-0.15, -0.1) is 0 Å². The maximum atomic E-state index is 12.0. The normalized spacial score (nSPS) is 13.1. The third-order valence-electron chi connectivity index (χ3n) is 2.83. The van der Waals surface area contributed by atoms with Crippen molar-refractivity contribution >= 4 is 33.6 Å². The van der Waals surface area contributed by atoms with Crippen LogP contribution in [0.2, 0.25) is 5.02 Å². The van der Waals surface area contributed by atoms with Crippen LogP contribution in [0.3, 0.4) is 0 Å². The van der Waals surface area contributed by atoms with E-state index in [1.54, 1.807) is 19.1 Å². The topological polar surface area (TPSA) is 93.6 Å². The van der Waals surface area contributed by atoms with Crippen LogP contribution >= 0.6 is 27.5 Å². The fourth-order valence-corrected chi connectivity index (χ4v) is 2.39. The van der Waals surface area contributed by atoms with E-state index in [4.69, 9.17) is 27.9 Å². The first-order valence-electron chi connectivity index (χ1n) is 6.76. The molecule has 0 aliphatic heterocycles. The zero-order valence-electron chi connectivity index (χ0n) is 12.5. The van der Waals surface area contributed by atoms with E-state index in [2.05, 4.69) is 21.2 Å². The van der Waals surface area contributed by atoms with Crippen LogP contribution in [0.25, 0.3) is 0 Å². The number of hydrazine groups is 1. The number of rotatable bonds is 6. The van der Waals surface area contributed by atoms with Crippen molar-refractivity contribution in [3.63, 3.8) is 0 Å². The van der Waals surface area contributed by atoms with Crippen molar-refractivity contribution in [2.24, 2.45) is 11.6 Å². The predicted octanol–water partition coefficient (Wildman–Crippen LogP) is 3.19. The summed E-state index contributed by atoms with van der Waals surface area (Å²) in [6.07, 6.45) is -0.382. The lowest BCUT2D eigenvalue weighted by atomic mass is 10.1. The van der Waals surface area contributed by atoms with E-state index in [-0.39, 0.29) is 10.4 Å². The molecule has 0 aromatic heterocycles. The van der Waals surface area contributed by atoms with Gasteiger partial charge in [-0.25, -0.2) is 10.6 Å². The van der Waals surface area contributed by atoms with Gasteiger partial charge in [0.05, 0.1) is 0 Å². The maximum Gasteiger partial charge on any atom is 0.413 e. The minimum Gasteiger partial charge on any atom is -0.441 e. The largest absolute Gasteiger partial charge is 0.441 e. The van der Waals surface area contributed by atoms with Crippen molar-refractivity contribution in [3.05, 3.63) is 45.3 Å². The number of amides is 1. The van der Waals surface area contributed by atoms with Crippen molar-refractivity contribution in [2.45, 2.75) is 26.4 Å². The highest BCUT2D eigenvalue weighted by Crippen LogP contribution is 2.25. The Morgan fingerprint density at radius 2 is 2.14 bits per heavy atom. The molecule has 0 heterocycles. The summed E-state index contributed by atoms with van der Waals surface area (Å²) in [5.74, 6) is 6.07. The highest BCUT2D eigenvalue weighted by molar-refractivity contribution is 9.11.